The number of methoxy groups -OCH3 is 1. The summed E-state index contributed by atoms with van der Waals surface area (Å²) in [5.74, 6) is 1.63. The van der Waals surface area contributed by atoms with Gasteiger partial charge in [0, 0.05) is 23.9 Å². The lowest BCUT2D eigenvalue weighted by Gasteiger charge is -2.12. The molecule has 2 rings (SSSR count). The van der Waals surface area contributed by atoms with Crippen molar-refractivity contribution in [3.05, 3.63) is 47.3 Å². The standard InChI is InChI=1S/C15H18N2O3/c1-10-15(18)14(7-16)11(8-17-10)9-20-13-5-3-12(19-2)4-6-13/h3-6,8,18H,7,9,16H2,1-2H3. The highest BCUT2D eigenvalue weighted by Gasteiger charge is 2.10. The van der Waals surface area contributed by atoms with Crippen LogP contribution < -0.4 is 15.2 Å². The summed E-state index contributed by atoms with van der Waals surface area (Å²) in [4.78, 5) is 4.12. The Bertz CT molecular complexity index is 582. The Hall–Kier alpha value is -2.27. The minimum absolute atomic E-state index is 0.142. The van der Waals surface area contributed by atoms with E-state index in [1.807, 2.05) is 24.3 Å². The van der Waals surface area contributed by atoms with Gasteiger partial charge in [-0.05, 0) is 31.2 Å². The smallest absolute Gasteiger partial charge is 0.141 e. The van der Waals surface area contributed by atoms with Crippen LogP contribution >= 0.6 is 0 Å². The maximum Gasteiger partial charge on any atom is 0.141 e. The zero-order chi connectivity index (χ0) is 14.5. The Morgan fingerprint density at radius 3 is 2.45 bits per heavy atom. The highest BCUT2D eigenvalue weighted by molar-refractivity contribution is 5.40. The van der Waals surface area contributed by atoms with E-state index in [2.05, 4.69) is 4.98 Å². The summed E-state index contributed by atoms with van der Waals surface area (Å²) in [7, 11) is 1.62. The first-order valence-corrected chi connectivity index (χ1v) is 6.29. The molecule has 0 aliphatic carbocycles. The van der Waals surface area contributed by atoms with Gasteiger partial charge in [0.05, 0.1) is 12.8 Å². The molecule has 0 saturated carbocycles. The van der Waals surface area contributed by atoms with Crippen LogP contribution in [0.3, 0.4) is 0 Å². The normalized spacial score (nSPS) is 10.3. The number of aromatic nitrogens is 1. The fourth-order valence-electron chi connectivity index (χ4n) is 1.87. The lowest BCUT2D eigenvalue weighted by Crippen LogP contribution is -2.07. The Morgan fingerprint density at radius 2 is 1.85 bits per heavy atom. The molecule has 0 spiro atoms. The van der Waals surface area contributed by atoms with Crippen LogP contribution in [-0.2, 0) is 13.2 Å². The Morgan fingerprint density at radius 1 is 1.20 bits per heavy atom. The zero-order valence-electron chi connectivity index (χ0n) is 11.6. The predicted octanol–water partition coefficient (Wildman–Crippen LogP) is 2.14. The molecule has 0 fully saturated rings. The van der Waals surface area contributed by atoms with Gasteiger partial charge in [-0.1, -0.05) is 0 Å². The van der Waals surface area contributed by atoms with Gasteiger partial charge in [0.2, 0.25) is 0 Å². The number of aryl methyl sites for hydroxylation is 1. The van der Waals surface area contributed by atoms with Gasteiger partial charge in [0.15, 0.2) is 0 Å². The van der Waals surface area contributed by atoms with E-state index in [4.69, 9.17) is 15.2 Å². The molecule has 0 radical (unpaired) electrons. The average molecular weight is 274 g/mol. The fraction of sp³-hybridized carbons (Fsp3) is 0.267. The number of benzene rings is 1. The van der Waals surface area contributed by atoms with Crippen molar-refractivity contribution in [2.75, 3.05) is 7.11 Å². The van der Waals surface area contributed by atoms with Crippen molar-refractivity contribution in [1.29, 1.82) is 0 Å². The van der Waals surface area contributed by atoms with Gasteiger partial charge in [-0.3, -0.25) is 4.98 Å². The molecule has 0 aliphatic rings. The Labute approximate surface area is 118 Å². The summed E-state index contributed by atoms with van der Waals surface area (Å²) in [6, 6.07) is 7.29. The molecule has 0 atom stereocenters. The SMILES string of the molecule is COc1ccc(OCc2cnc(C)c(O)c2CN)cc1. The number of hydrogen-bond acceptors (Lipinski definition) is 5. The minimum Gasteiger partial charge on any atom is -0.506 e. The first-order chi connectivity index (χ1) is 9.65. The van der Waals surface area contributed by atoms with Gasteiger partial charge in [0.25, 0.3) is 0 Å². The van der Waals surface area contributed by atoms with E-state index >= 15 is 0 Å². The van der Waals surface area contributed by atoms with Crippen molar-refractivity contribution in [3.63, 3.8) is 0 Å². The molecular formula is C15H18N2O3. The van der Waals surface area contributed by atoms with Crippen LogP contribution in [0.2, 0.25) is 0 Å². The summed E-state index contributed by atoms with van der Waals surface area (Å²) in [6.45, 7) is 2.29. The third-order valence-electron chi connectivity index (χ3n) is 3.09. The second-order valence-corrected chi connectivity index (χ2v) is 4.36. The third kappa shape index (κ3) is 3.00. The number of aromatic hydroxyl groups is 1. The summed E-state index contributed by atoms with van der Waals surface area (Å²) in [6.07, 6.45) is 1.68. The molecule has 0 bridgehead atoms. The maximum absolute atomic E-state index is 9.93. The monoisotopic (exact) mass is 274 g/mol. The van der Waals surface area contributed by atoms with Crippen LogP contribution in [0.25, 0.3) is 0 Å². The van der Waals surface area contributed by atoms with E-state index in [-0.39, 0.29) is 12.3 Å². The van der Waals surface area contributed by atoms with Gasteiger partial charge in [-0.25, -0.2) is 0 Å². The molecule has 0 aliphatic heterocycles. The van der Waals surface area contributed by atoms with Crippen molar-refractivity contribution in [2.45, 2.75) is 20.1 Å². The van der Waals surface area contributed by atoms with Gasteiger partial charge in [0.1, 0.15) is 23.9 Å². The third-order valence-corrected chi connectivity index (χ3v) is 3.09. The van der Waals surface area contributed by atoms with E-state index in [0.29, 0.717) is 23.6 Å². The van der Waals surface area contributed by atoms with Crippen LogP contribution in [0.4, 0.5) is 0 Å². The van der Waals surface area contributed by atoms with Crippen molar-refractivity contribution in [1.82, 2.24) is 4.98 Å². The number of pyridine rings is 1. The van der Waals surface area contributed by atoms with E-state index in [1.54, 1.807) is 20.2 Å². The quantitative estimate of drug-likeness (QED) is 0.873. The van der Waals surface area contributed by atoms with E-state index < -0.39 is 0 Å². The van der Waals surface area contributed by atoms with Crippen molar-refractivity contribution < 1.29 is 14.6 Å². The molecule has 0 unspecified atom stereocenters. The van der Waals surface area contributed by atoms with Crippen LogP contribution in [0.5, 0.6) is 17.2 Å². The molecule has 1 aromatic carbocycles. The summed E-state index contributed by atoms with van der Waals surface area (Å²) >= 11 is 0. The van der Waals surface area contributed by atoms with Crippen molar-refractivity contribution in [3.8, 4) is 17.2 Å². The molecular weight excluding hydrogens is 256 g/mol. The van der Waals surface area contributed by atoms with Crippen LogP contribution in [-0.4, -0.2) is 17.2 Å². The molecule has 2 aromatic rings. The number of nitrogens with two attached hydrogens (primary N) is 1. The Kier molecular flexibility index (Phi) is 4.42. The zero-order valence-corrected chi connectivity index (χ0v) is 11.6. The van der Waals surface area contributed by atoms with Gasteiger partial charge >= 0.3 is 0 Å². The average Bonchev–Trinajstić information content (AvgIpc) is 2.49. The van der Waals surface area contributed by atoms with E-state index in [9.17, 15) is 5.11 Å². The van der Waals surface area contributed by atoms with Crippen LogP contribution in [0.1, 0.15) is 16.8 Å². The highest BCUT2D eigenvalue weighted by atomic mass is 16.5. The van der Waals surface area contributed by atoms with Gasteiger partial charge < -0.3 is 20.3 Å². The number of nitrogens with zero attached hydrogens (tertiary/aromatic N) is 1. The van der Waals surface area contributed by atoms with Crippen LogP contribution in [0.15, 0.2) is 30.5 Å². The van der Waals surface area contributed by atoms with Crippen molar-refractivity contribution >= 4 is 0 Å². The summed E-state index contributed by atoms with van der Waals surface area (Å²) in [5.41, 5.74) is 7.69. The minimum atomic E-state index is 0.142. The predicted molar refractivity (Wildman–Crippen MR) is 75.9 cm³/mol. The van der Waals surface area contributed by atoms with Gasteiger partial charge in [-0.15, -0.1) is 0 Å². The maximum atomic E-state index is 9.93. The number of rotatable bonds is 5. The molecule has 1 heterocycles. The largest absolute Gasteiger partial charge is 0.506 e. The van der Waals surface area contributed by atoms with Crippen LogP contribution in [0, 0.1) is 6.92 Å². The molecule has 3 N–H and O–H groups in total. The highest BCUT2D eigenvalue weighted by Crippen LogP contribution is 2.25. The number of hydrogen-bond donors (Lipinski definition) is 2. The second-order valence-electron chi connectivity index (χ2n) is 4.36. The molecule has 106 valence electrons. The molecule has 5 heteroatoms. The summed E-state index contributed by atoms with van der Waals surface area (Å²) in [5, 5.41) is 9.93. The van der Waals surface area contributed by atoms with Gasteiger partial charge in [-0.2, -0.15) is 0 Å². The molecule has 1 aromatic heterocycles. The summed E-state index contributed by atoms with van der Waals surface area (Å²) < 4.78 is 10.7. The first kappa shape index (κ1) is 14.1. The molecule has 0 amide bonds. The lowest BCUT2D eigenvalue weighted by atomic mass is 10.1. The lowest BCUT2D eigenvalue weighted by molar-refractivity contribution is 0.302. The Balaban J connectivity index is 2.12. The van der Waals surface area contributed by atoms with Crippen molar-refractivity contribution in [2.24, 2.45) is 5.73 Å². The molecule has 5 nitrogen and oxygen atoms in total. The fourth-order valence-corrected chi connectivity index (χ4v) is 1.87. The first-order valence-electron chi connectivity index (χ1n) is 6.29. The number of ether oxygens (including phenoxy) is 2. The topological polar surface area (TPSA) is 77.6 Å². The second kappa shape index (κ2) is 6.25. The molecule has 0 saturated heterocycles. The van der Waals surface area contributed by atoms with E-state index in [0.717, 1.165) is 11.3 Å². The van der Waals surface area contributed by atoms with E-state index in [1.165, 1.54) is 0 Å². The molecule has 20 heavy (non-hydrogen) atoms.